The Kier molecular flexibility index (Phi) is 3.20. The Morgan fingerprint density at radius 1 is 1.44 bits per heavy atom. The van der Waals surface area contributed by atoms with E-state index in [0.29, 0.717) is 5.02 Å². The summed E-state index contributed by atoms with van der Waals surface area (Å²) < 4.78 is 0. The first kappa shape index (κ1) is 11.5. The van der Waals surface area contributed by atoms with Crippen molar-refractivity contribution in [3.63, 3.8) is 0 Å². The summed E-state index contributed by atoms with van der Waals surface area (Å²) in [6.07, 6.45) is 2.78. The lowest BCUT2D eigenvalue weighted by Gasteiger charge is -2.16. The van der Waals surface area contributed by atoms with Crippen LogP contribution in [-0.4, -0.2) is 12.5 Å². The molecule has 16 heavy (non-hydrogen) atoms. The first-order chi connectivity index (χ1) is 7.70. The fourth-order valence-electron chi connectivity index (χ4n) is 2.00. The molecule has 1 aromatic rings. The van der Waals surface area contributed by atoms with E-state index in [9.17, 15) is 4.79 Å². The lowest BCUT2D eigenvalue weighted by molar-refractivity contribution is -0.123. The van der Waals surface area contributed by atoms with E-state index in [2.05, 4.69) is 12.2 Å². The molecule has 0 bridgehead atoms. The van der Waals surface area contributed by atoms with Crippen LogP contribution in [0.2, 0.25) is 5.02 Å². The van der Waals surface area contributed by atoms with E-state index < -0.39 is 0 Å². The summed E-state index contributed by atoms with van der Waals surface area (Å²) in [6.45, 7) is 2.79. The van der Waals surface area contributed by atoms with E-state index in [1.54, 1.807) is 0 Å². The van der Waals surface area contributed by atoms with Crippen molar-refractivity contribution in [3.8, 4) is 0 Å². The predicted molar refractivity (Wildman–Crippen MR) is 65.7 cm³/mol. The molecule has 3 heteroatoms. The average Bonchev–Trinajstić information content (AvgIpc) is 3.08. The first-order valence-corrected chi connectivity index (χ1v) is 6.12. The van der Waals surface area contributed by atoms with Crippen LogP contribution in [0.3, 0.4) is 0 Å². The molecule has 0 unspecified atom stereocenters. The topological polar surface area (TPSA) is 29.1 Å². The van der Waals surface area contributed by atoms with Gasteiger partial charge in [0, 0.05) is 11.6 Å². The zero-order valence-corrected chi connectivity index (χ0v) is 10.2. The van der Waals surface area contributed by atoms with Crippen molar-refractivity contribution >= 4 is 17.5 Å². The van der Waals surface area contributed by atoms with Crippen LogP contribution in [0.25, 0.3) is 0 Å². The second-order valence-electron chi connectivity index (χ2n) is 4.32. The molecule has 2 nitrogen and oxygen atoms in total. The number of amides is 1. The van der Waals surface area contributed by atoms with Crippen LogP contribution < -0.4 is 5.32 Å². The molecule has 0 aromatic heterocycles. The van der Waals surface area contributed by atoms with Gasteiger partial charge >= 0.3 is 0 Å². The fourth-order valence-corrected chi connectivity index (χ4v) is 2.32. The normalized spacial score (nSPS) is 16.9. The van der Waals surface area contributed by atoms with Gasteiger partial charge in [-0.2, -0.15) is 0 Å². The van der Waals surface area contributed by atoms with E-state index in [0.717, 1.165) is 31.4 Å². The van der Waals surface area contributed by atoms with Gasteiger partial charge in [-0.05, 0) is 30.9 Å². The molecule has 1 aromatic carbocycles. The SMILES string of the molecule is CCCNC(=O)C1(c2ccccc2Cl)CC1. The molecule has 0 radical (unpaired) electrons. The molecule has 1 amide bonds. The number of carbonyl (C=O) groups excluding carboxylic acids is 1. The second kappa shape index (κ2) is 4.46. The smallest absolute Gasteiger partial charge is 0.230 e. The maximum atomic E-state index is 12.1. The van der Waals surface area contributed by atoms with Crippen molar-refractivity contribution in [2.75, 3.05) is 6.54 Å². The van der Waals surface area contributed by atoms with Crippen LogP contribution in [0.15, 0.2) is 24.3 Å². The van der Waals surface area contributed by atoms with Crippen LogP contribution in [0.5, 0.6) is 0 Å². The van der Waals surface area contributed by atoms with Crippen LogP contribution in [0.1, 0.15) is 31.7 Å². The summed E-state index contributed by atoms with van der Waals surface area (Å²) in [7, 11) is 0. The molecule has 0 saturated heterocycles. The van der Waals surface area contributed by atoms with Gasteiger partial charge in [0.25, 0.3) is 0 Å². The maximum Gasteiger partial charge on any atom is 0.230 e. The van der Waals surface area contributed by atoms with Crippen LogP contribution in [0, 0.1) is 0 Å². The number of hydrogen-bond donors (Lipinski definition) is 1. The Balaban J connectivity index is 2.20. The summed E-state index contributed by atoms with van der Waals surface area (Å²) >= 11 is 6.15. The number of benzene rings is 1. The minimum atomic E-state index is -0.340. The van der Waals surface area contributed by atoms with Crippen molar-refractivity contribution in [1.29, 1.82) is 0 Å². The van der Waals surface area contributed by atoms with E-state index in [-0.39, 0.29) is 11.3 Å². The molecule has 0 heterocycles. The highest BCUT2D eigenvalue weighted by atomic mass is 35.5. The maximum absolute atomic E-state index is 12.1. The molecule has 1 aliphatic carbocycles. The summed E-state index contributed by atoms with van der Waals surface area (Å²) in [5.41, 5.74) is 0.637. The monoisotopic (exact) mass is 237 g/mol. The van der Waals surface area contributed by atoms with Gasteiger partial charge in [0.15, 0.2) is 0 Å². The molecule has 0 spiro atoms. The van der Waals surface area contributed by atoms with E-state index in [1.807, 2.05) is 24.3 Å². The van der Waals surface area contributed by atoms with Crippen molar-refractivity contribution in [3.05, 3.63) is 34.9 Å². The highest BCUT2D eigenvalue weighted by Gasteiger charge is 2.51. The Labute approximate surface area is 101 Å². The molecule has 1 saturated carbocycles. The Morgan fingerprint density at radius 2 is 2.12 bits per heavy atom. The zero-order valence-electron chi connectivity index (χ0n) is 9.42. The fraction of sp³-hybridized carbons (Fsp3) is 0.462. The second-order valence-corrected chi connectivity index (χ2v) is 4.73. The lowest BCUT2D eigenvalue weighted by Crippen LogP contribution is -2.35. The molecular weight excluding hydrogens is 222 g/mol. The quantitative estimate of drug-likeness (QED) is 0.857. The molecule has 1 aliphatic rings. The number of hydrogen-bond acceptors (Lipinski definition) is 1. The van der Waals surface area contributed by atoms with Gasteiger partial charge < -0.3 is 5.32 Å². The zero-order chi connectivity index (χ0) is 11.6. The molecule has 1 fully saturated rings. The first-order valence-electron chi connectivity index (χ1n) is 5.74. The van der Waals surface area contributed by atoms with Crippen LogP contribution in [0.4, 0.5) is 0 Å². The Morgan fingerprint density at radius 3 is 2.69 bits per heavy atom. The number of rotatable bonds is 4. The molecule has 0 aliphatic heterocycles. The Bertz CT molecular complexity index is 399. The van der Waals surface area contributed by atoms with E-state index in [1.165, 1.54) is 0 Å². The van der Waals surface area contributed by atoms with Gasteiger partial charge in [0.1, 0.15) is 0 Å². The highest BCUT2D eigenvalue weighted by molar-refractivity contribution is 6.31. The summed E-state index contributed by atoms with van der Waals surface area (Å²) in [6, 6.07) is 7.64. The third-order valence-electron chi connectivity index (χ3n) is 3.11. The third kappa shape index (κ3) is 1.94. The number of nitrogens with one attached hydrogen (secondary N) is 1. The largest absolute Gasteiger partial charge is 0.355 e. The molecule has 0 atom stereocenters. The number of halogens is 1. The van der Waals surface area contributed by atoms with E-state index >= 15 is 0 Å². The van der Waals surface area contributed by atoms with Gasteiger partial charge in [0.2, 0.25) is 5.91 Å². The van der Waals surface area contributed by atoms with Crippen molar-refractivity contribution < 1.29 is 4.79 Å². The third-order valence-corrected chi connectivity index (χ3v) is 3.44. The van der Waals surface area contributed by atoms with Gasteiger partial charge in [0.05, 0.1) is 5.41 Å². The molecular formula is C13H16ClNO. The van der Waals surface area contributed by atoms with Crippen molar-refractivity contribution in [2.24, 2.45) is 0 Å². The number of carbonyl (C=O) groups is 1. The molecule has 1 N–H and O–H groups in total. The minimum Gasteiger partial charge on any atom is -0.355 e. The van der Waals surface area contributed by atoms with Crippen molar-refractivity contribution in [2.45, 2.75) is 31.6 Å². The lowest BCUT2D eigenvalue weighted by atomic mass is 9.95. The van der Waals surface area contributed by atoms with Gasteiger partial charge in [-0.1, -0.05) is 36.7 Å². The summed E-state index contributed by atoms with van der Waals surface area (Å²) in [4.78, 5) is 12.1. The van der Waals surface area contributed by atoms with Gasteiger partial charge in [-0.15, -0.1) is 0 Å². The summed E-state index contributed by atoms with van der Waals surface area (Å²) in [5, 5.41) is 3.66. The standard InChI is InChI=1S/C13H16ClNO/c1-2-9-15-12(16)13(7-8-13)10-5-3-4-6-11(10)14/h3-6H,2,7-9H2,1H3,(H,15,16). The van der Waals surface area contributed by atoms with Crippen LogP contribution >= 0.6 is 11.6 Å². The highest BCUT2D eigenvalue weighted by Crippen LogP contribution is 2.50. The molecule has 86 valence electrons. The van der Waals surface area contributed by atoms with Crippen molar-refractivity contribution in [1.82, 2.24) is 5.32 Å². The average molecular weight is 238 g/mol. The minimum absolute atomic E-state index is 0.127. The Hall–Kier alpha value is -1.02. The van der Waals surface area contributed by atoms with Gasteiger partial charge in [-0.3, -0.25) is 4.79 Å². The summed E-state index contributed by atoms with van der Waals surface area (Å²) in [5.74, 6) is 0.127. The molecule has 2 rings (SSSR count). The van der Waals surface area contributed by atoms with Crippen LogP contribution in [-0.2, 0) is 10.2 Å². The van der Waals surface area contributed by atoms with E-state index in [4.69, 9.17) is 11.6 Å². The predicted octanol–water partition coefficient (Wildman–Crippen LogP) is 2.90. The van der Waals surface area contributed by atoms with Gasteiger partial charge in [-0.25, -0.2) is 0 Å².